The number of ketones is 1. The Morgan fingerprint density at radius 1 is 1.25 bits per heavy atom. The SMILES string of the molecule is CC(=O)C1CC2C=CC1C1C(=O)OC(=O)C21. The molecule has 3 aliphatic carbocycles. The van der Waals surface area contributed by atoms with Crippen LogP contribution in [0.1, 0.15) is 13.3 Å². The monoisotopic (exact) mass is 220 g/mol. The third-order valence-electron chi connectivity index (χ3n) is 4.10. The summed E-state index contributed by atoms with van der Waals surface area (Å²) in [5.41, 5.74) is 0. The van der Waals surface area contributed by atoms with E-state index in [1.54, 1.807) is 6.92 Å². The van der Waals surface area contributed by atoms with Gasteiger partial charge in [0, 0.05) is 11.8 Å². The van der Waals surface area contributed by atoms with E-state index in [4.69, 9.17) is 0 Å². The predicted molar refractivity (Wildman–Crippen MR) is 53.0 cm³/mol. The van der Waals surface area contributed by atoms with Gasteiger partial charge < -0.3 is 4.74 Å². The fraction of sp³-hybridized carbons (Fsp3) is 0.583. The van der Waals surface area contributed by atoms with Gasteiger partial charge in [-0.25, -0.2) is 0 Å². The average molecular weight is 220 g/mol. The Hall–Kier alpha value is -1.45. The number of carbonyl (C=O) groups is 3. The number of Topliss-reactive ketones (excluding diaryl/α,β-unsaturated/α-hetero) is 1. The molecule has 4 rings (SSSR count). The Kier molecular flexibility index (Phi) is 1.85. The van der Waals surface area contributed by atoms with Crippen molar-refractivity contribution in [3.8, 4) is 0 Å². The van der Waals surface area contributed by atoms with Crippen LogP contribution < -0.4 is 0 Å². The Bertz CT molecular complexity index is 423. The predicted octanol–water partition coefficient (Wildman–Crippen LogP) is 0.713. The number of rotatable bonds is 1. The largest absolute Gasteiger partial charge is 0.393 e. The first-order valence-corrected chi connectivity index (χ1v) is 5.54. The molecule has 4 heteroatoms. The summed E-state index contributed by atoms with van der Waals surface area (Å²) in [4.78, 5) is 34.6. The van der Waals surface area contributed by atoms with Gasteiger partial charge in [-0.15, -0.1) is 0 Å². The summed E-state index contributed by atoms with van der Waals surface area (Å²) in [6.45, 7) is 1.55. The van der Waals surface area contributed by atoms with Crippen molar-refractivity contribution in [1.29, 1.82) is 0 Å². The highest BCUT2D eigenvalue weighted by Gasteiger charge is 2.58. The normalized spacial score (nSPS) is 44.4. The summed E-state index contributed by atoms with van der Waals surface area (Å²) in [6, 6.07) is 0. The third kappa shape index (κ3) is 1.07. The van der Waals surface area contributed by atoms with Crippen molar-refractivity contribution < 1.29 is 19.1 Å². The van der Waals surface area contributed by atoms with Crippen molar-refractivity contribution in [3.63, 3.8) is 0 Å². The van der Waals surface area contributed by atoms with E-state index in [1.807, 2.05) is 12.2 Å². The third-order valence-corrected chi connectivity index (χ3v) is 4.10. The molecule has 1 heterocycles. The summed E-state index contributed by atoms with van der Waals surface area (Å²) in [6.07, 6.45) is 4.56. The smallest absolute Gasteiger partial charge is 0.318 e. The maximum absolute atomic E-state index is 11.6. The first-order chi connectivity index (χ1) is 7.59. The number of esters is 2. The highest BCUT2D eigenvalue weighted by molar-refractivity contribution is 5.98. The lowest BCUT2D eigenvalue weighted by molar-refractivity contribution is -0.154. The fourth-order valence-electron chi connectivity index (χ4n) is 3.37. The second-order valence-corrected chi connectivity index (χ2v) is 4.87. The molecule has 4 aliphatic rings. The second-order valence-electron chi connectivity index (χ2n) is 4.87. The van der Waals surface area contributed by atoms with Crippen LogP contribution in [0.3, 0.4) is 0 Å². The van der Waals surface area contributed by atoms with Crippen LogP contribution in [-0.4, -0.2) is 17.7 Å². The van der Waals surface area contributed by atoms with E-state index in [9.17, 15) is 14.4 Å². The Morgan fingerprint density at radius 3 is 2.62 bits per heavy atom. The van der Waals surface area contributed by atoms with Crippen LogP contribution in [0.25, 0.3) is 0 Å². The number of hydrogen-bond donors (Lipinski definition) is 0. The molecule has 0 N–H and O–H groups in total. The lowest BCUT2D eigenvalue weighted by Crippen LogP contribution is -2.45. The lowest BCUT2D eigenvalue weighted by Gasteiger charge is -2.42. The Morgan fingerprint density at radius 2 is 1.94 bits per heavy atom. The highest BCUT2D eigenvalue weighted by atomic mass is 16.6. The van der Waals surface area contributed by atoms with Gasteiger partial charge in [0.15, 0.2) is 0 Å². The van der Waals surface area contributed by atoms with Gasteiger partial charge in [0.1, 0.15) is 5.78 Å². The molecule has 1 aliphatic heterocycles. The number of allylic oxidation sites excluding steroid dienone is 2. The van der Waals surface area contributed by atoms with Gasteiger partial charge in [-0.3, -0.25) is 14.4 Å². The van der Waals surface area contributed by atoms with E-state index in [0.29, 0.717) is 6.42 Å². The molecule has 5 atom stereocenters. The number of cyclic esters (lactones) is 2. The van der Waals surface area contributed by atoms with E-state index in [2.05, 4.69) is 4.74 Å². The van der Waals surface area contributed by atoms with Crippen LogP contribution in [0.2, 0.25) is 0 Å². The molecule has 0 amide bonds. The zero-order valence-electron chi connectivity index (χ0n) is 8.88. The van der Waals surface area contributed by atoms with Gasteiger partial charge in [0.25, 0.3) is 0 Å². The summed E-state index contributed by atoms with van der Waals surface area (Å²) in [7, 11) is 0. The zero-order chi connectivity index (χ0) is 11.4. The molecule has 16 heavy (non-hydrogen) atoms. The van der Waals surface area contributed by atoms with Crippen LogP contribution in [0.5, 0.6) is 0 Å². The molecule has 0 aromatic heterocycles. The number of hydrogen-bond acceptors (Lipinski definition) is 4. The van der Waals surface area contributed by atoms with Gasteiger partial charge in [0.2, 0.25) is 0 Å². The van der Waals surface area contributed by atoms with Crippen LogP contribution in [0.15, 0.2) is 12.2 Å². The van der Waals surface area contributed by atoms with Gasteiger partial charge in [-0.2, -0.15) is 0 Å². The summed E-state index contributed by atoms with van der Waals surface area (Å²) < 4.78 is 4.69. The molecule has 84 valence electrons. The summed E-state index contributed by atoms with van der Waals surface area (Å²) in [5, 5.41) is 0. The Balaban J connectivity index is 2.02. The molecule has 0 spiro atoms. The van der Waals surface area contributed by atoms with E-state index < -0.39 is 17.9 Å². The number of carbonyl (C=O) groups excluding carboxylic acids is 3. The first-order valence-electron chi connectivity index (χ1n) is 5.54. The molecule has 0 radical (unpaired) electrons. The molecule has 4 nitrogen and oxygen atoms in total. The molecule has 0 aromatic rings. The minimum absolute atomic E-state index is 0.00264. The second kappa shape index (κ2) is 3.03. The maximum atomic E-state index is 11.6. The van der Waals surface area contributed by atoms with Crippen molar-refractivity contribution in [2.75, 3.05) is 0 Å². The fourth-order valence-corrected chi connectivity index (χ4v) is 3.37. The van der Waals surface area contributed by atoms with Crippen molar-refractivity contribution in [1.82, 2.24) is 0 Å². The molecule has 1 saturated heterocycles. The molecule has 1 saturated carbocycles. The van der Waals surface area contributed by atoms with Gasteiger partial charge in [0.05, 0.1) is 11.8 Å². The molecular formula is C12H12O4. The minimum atomic E-state index is -0.444. The van der Waals surface area contributed by atoms with Crippen molar-refractivity contribution in [2.24, 2.45) is 29.6 Å². The molecular weight excluding hydrogens is 208 g/mol. The molecule has 5 unspecified atom stereocenters. The van der Waals surface area contributed by atoms with Crippen molar-refractivity contribution in [3.05, 3.63) is 12.2 Å². The van der Waals surface area contributed by atoms with E-state index in [-0.39, 0.29) is 29.5 Å². The Labute approximate surface area is 92.6 Å². The first kappa shape index (κ1) is 9.75. The van der Waals surface area contributed by atoms with Crippen molar-refractivity contribution >= 4 is 17.7 Å². The lowest BCUT2D eigenvalue weighted by atomic mass is 9.58. The molecule has 2 bridgehead atoms. The van der Waals surface area contributed by atoms with Crippen LogP contribution in [0.4, 0.5) is 0 Å². The van der Waals surface area contributed by atoms with Gasteiger partial charge in [-0.1, -0.05) is 12.2 Å². The van der Waals surface area contributed by atoms with Gasteiger partial charge >= 0.3 is 11.9 Å². The zero-order valence-corrected chi connectivity index (χ0v) is 8.88. The van der Waals surface area contributed by atoms with Crippen LogP contribution >= 0.6 is 0 Å². The van der Waals surface area contributed by atoms with E-state index in [1.165, 1.54) is 0 Å². The van der Waals surface area contributed by atoms with Crippen LogP contribution in [0, 0.1) is 29.6 Å². The molecule has 0 aromatic carbocycles. The summed E-state index contributed by atoms with van der Waals surface area (Å²) >= 11 is 0. The minimum Gasteiger partial charge on any atom is -0.393 e. The van der Waals surface area contributed by atoms with E-state index in [0.717, 1.165) is 0 Å². The highest BCUT2D eigenvalue weighted by Crippen LogP contribution is 2.51. The number of ether oxygens (including phenoxy) is 1. The maximum Gasteiger partial charge on any atom is 0.318 e. The van der Waals surface area contributed by atoms with Gasteiger partial charge in [-0.05, 0) is 19.3 Å². The topological polar surface area (TPSA) is 60.4 Å². The quantitative estimate of drug-likeness (QED) is 0.371. The van der Waals surface area contributed by atoms with Crippen LogP contribution in [-0.2, 0) is 19.1 Å². The average Bonchev–Trinajstić information content (AvgIpc) is 2.57. The number of fused-ring (bicyclic) bond motifs is 1. The summed E-state index contributed by atoms with van der Waals surface area (Å²) in [5.74, 6) is -1.74. The van der Waals surface area contributed by atoms with Crippen molar-refractivity contribution in [2.45, 2.75) is 13.3 Å². The molecule has 2 fully saturated rings. The standard InChI is InChI=1S/C12H12O4/c1-5(13)8-4-6-2-3-7(8)10-9(6)11(14)16-12(10)15/h2-3,6-10H,4H2,1H3. The van der Waals surface area contributed by atoms with E-state index >= 15 is 0 Å².